The van der Waals surface area contributed by atoms with Gasteiger partial charge in [0.05, 0.1) is 39.4 Å². The summed E-state index contributed by atoms with van der Waals surface area (Å²) in [6, 6.07) is 0. The maximum atomic E-state index is 11.8. The van der Waals surface area contributed by atoms with Crippen molar-refractivity contribution in [2.75, 3.05) is 52.5 Å². The van der Waals surface area contributed by atoms with Gasteiger partial charge in [0.2, 0.25) is 0 Å². The van der Waals surface area contributed by atoms with Gasteiger partial charge in [-0.2, -0.15) is 0 Å². The third kappa shape index (κ3) is 9.75. The Morgan fingerprint density at radius 2 is 1.02 bits per heavy atom. The van der Waals surface area contributed by atoms with E-state index in [-0.39, 0.29) is 23.4 Å². The van der Waals surface area contributed by atoms with Crippen LogP contribution in [0, 0.1) is 11.8 Å². The number of likely N-dealkylation sites (tertiary alicyclic amines) is 2. The van der Waals surface area contributed by atoms with Gasteiger partial charge in [-0.05, 0) is 79.3 Å². The third-order valence-corrected chi connectivity index (χ3v) is 6.64. The van der Waals surface area contributed by atoms with E-state index in [1.54, 1.807) is 9.80 Å². The molecule has 0 aromatic rings. The second-order valence-electron chi connectivity index (χ2n) is 12.9. The molecule has 6 N–H and O–H groups in total. The largest absolute Gasteiger partial charge is 0.473 e. The number of nitrogens with two attached hydrogens (primary N) is 2. The minimum atomic E-state index is -1.82. The molecule has 0 saturated carbocycles. The fourth-order valence-electron chi connectivity index (χ4n) is 4.83. The molecule has 0 radical (unpaired) electrons. The fraction of sp³-hybridized carbons (Fsp3) is 0.846. The van der Waals surface area contributed by atoms with E-state index >= 15 is 0 Å². The van der Waals surface area contributed by atoms with Gasteiger partial charge in [0.1, 0.15) is 22.4 Å². The average molecular weight is 575 g/mol. The Morgan fingerprint density at radius 3 is 1.23 bits per heavy atom. The zero-order valence-electron chi connectivity index (χ0n) is 24.4. The first-order chi connectivity index (χ1) is 18.3. The summed E-state index contributed by atoms with van der Waals surface area (Å²) in [5.41, 5.74) is 10.1. The molecule has 0 aromatic carbocycles. The van der Waals surface area contributed by atoms with Crippen molar-refractivity contribution in [3.63, 3.8) is 0 Å². The highest BCUT2D eigenvalue weighted by molar-refractivity contribution is 6.27. The molecule has 4 aliphatic rings. The molecule has 2 unspecified atom stereocenters. The second kappa shape index (κ2) is 12.9. The Bertz CT molecular complexity index is 843. The average Bonchev–Trinajstić information content (AvgIpc) is 3.40. The van der Waals surface area contributed by atoms with E-state index < -0.39 is 23.1 Å². The summed E-state index contributed by atoms with van der Waals surface area (Å²) in [5, 5.41) is 14.8. The number of hydrogen-bond acceptors (Lipinski definition) is 10. The van der Waals surface area contributed by atoms with Crippen LogP contribution in [0.5, 0.6) is 0 Å². The van der Waals surface area contributed by atoms with Crippen molar-refractivity contribution in [1.29, 1.82) is 0 Å². The molecule has 4 fully saturated rings. The quantitative estimate of drug-likeness (QED) is 0.342. The number of rotatable bonds is 2. The minimum Gasteiger partial charge on any atom is -0.473 e. The number of nitrogens with zero attached hydrogens (tertiary/aromatic N) is 2. The summed E-state index contributed by atoms with van der Waals surface area (Å²) in [6.45, 7) is 16.5. The highest BCUT2D eigenvalue weighted by Gasteiger charge is 2.52. The van der Waals surface area contributed by atoms with Crippen LogP contribution in [-0.4, -0.2) is 119 Å². The fourth-order valence-corrected chi connectivity index (χ4v) is 4.83. The van der Waals surface area contributed by atoms with Crippen molar-refractivity contribution in [3.05, 3.63) is 0 Å². The molecule has 0 aromatic heterocycles. The molecule has 4 heterocycles. The molecule has 40 heavy (non-hydrogen) atoms. The number of amides is 2. The number of carbonyl (C=O) groups is 4. The lowest BCUT2D eigenvalue weighted by Crippen LogP contribution is -2.63. The molecule has 2 amide bonds. The molecule has 4 rings (SSSR count). The van der Waals surface area contributed by atoms with Crippen LogP contribution in [0.15, 0.2) is 0 Å². The van der Waals surface area contributed by atoms with Crippen LogP contribution in [-0.2, 0) is 28.5 Å². The van der Waals surface area contributed by atoms with Crippen LogP contribution in [0.2, 0.25) is 0 Å². The number of carboxylic acids is 2. The van der Waals surface area contributed by atoms with E-state index in [1.807, 2.05) is 41.5 Å². The molecule has 14 heteroatoms. The predicted octanol–water partition coefficient (Wildman–Crippen LogP) is 1.10. The van der Waals surface area contributed by atoms with E-state index in [0.717, 1.165) is 26.1 Å². The first kappa shape index (κ1) is 33.5. The first-order valence-corrected chi connectivity index (χ1v) is 13.4. The summed E-state index contributed by atoms with van der Waals surface area (Å²) in [7, 11) is 0. The first-order valence-electron chi connectivity index (χ1n) is 13.4. The highest BCUT2D eigenvalue weighted by Crippen LogP contribution is 2.39. The van der Waals surface area contributed by atoms with Crippen LogP contribution in [0.25, 0.3) is 0 Å². The van der Waals surface area contributed by atoms with Gasteiger partial charge in [-0.15, -0.1) is 0 Å². The van der Waals surface area contributed by atoms with Gasteiger partial charge in [-0.25, -0.2) is 19.2 Å². The Hall–Kier alpha value is -2.68. The lowest BCUT2D eigenvalue weighted by atomic mass is 9.87. The highest BCUT2D eigenvalue weighted by atomic mass is 16.6. The molecule has 2 atom stereocenters. The lowest BCUT2D eigenvalue weighted by Gasteiger charge is -2.47. The zero-order valence-corrected chi connectivity index (χ0v) is 24.4. The van der Waals surface area contributed by atoms with Crippen LogP contribution < -0.4 is 11.5 Å². The van der Waals surface area contributed by atoms with E-state index in [0.29, 0.717) is 51.1 Å². The Labute approximate surface area is 235 Å². The molecule has 0 aliphatic carbocycles. The number of carboxylic acid groups (broad SMARTS) is 2. The molecule has 230 valence electrons. The van der Waals surface area contributed by atoms with Gasteiger partial charge in [-0.3, -0.25) is 0 Å². The molecule has 4 saturated heterocycles. The topological polar surface area (TPSA) is 204 Å². The molecule has 14 nitrogen and oxygen atoms in total. The smallest absolute Gasteiger partial charge is 0.414 e. The van der Waals surface area contributed by atoms with Crippen LogP contribution in [0.3, 0.4) is 0 Å². The molecular weight excluding hydrogens is 528 g/mol. The normalized spacial score (nSPS) is 24.1. The summed E-state index contributed by atoms with van der Waals surface area (Å²) in [5.74, 6) is -2.77. The molecule has 0 bridgehead atoms. The Morgan fingerprint density at radius 1 is 0.725 bits per heavy atom. The third-order valence-electron chi connectivity index (χ3n) is 6.64. The summed E-state index contributed by atoms with van der Waals surface area (Å²) in [4.78, 5) is 45.1. The van der Waals surface area contributed by atoms with Crippen LogP contribution in [0.1, 0.15) is 54.4 Å². The van der Waals surface area contributed by atoms with Gasteiger partial charge in [0, 0.05) is 0 Å². The number of aliphatic carboxylic acids is 2. The van der Waals surface area contributed by atoms with Gasteiger partial charge < -0.3 is 50.4 Å². The van der Waals surface area contributed by atoms with Crippen molar-refractivity contribution >= 4 is 24.1 Å². The zero-order chi connectivity index (χ0) is 30.5. The van der Waals surface area contributed by atoms with E-state index in [4.69, 9.17) is 50.2 Å². The SMILES string of the molecule is CC(C)(C)OC(=O)N1CC2(CC(CN)CO2)C1.CC(C)(C)OC(=O)N1CC2(CC(CN)CO2)C1.O=C(O)C(=O)O. The Kier molecular flexibility index (Phi) is 10.8. The van der Waals surface area contributed by atoms with Gasteiger partial charge >= 0.3 is 24.1 Å². The Balaban J connectivity index is 0.000000234. The van der Waals surface area contributed by atoms with Crippen LogP contribution >= 0.6 is 0 Å². The van der Waals surface area contributed by atoms with Crippen molar-refractivity contribution < 1.29 is 48.3 Å². The summed E-state index contributed by atoms with van der Waals surface area (Å²) >= 11 is 0. The van der Waals surface area contributed by atoms with Crippen LogP contribution in [0.4, 0.5) is 9.59 Å². The van der Waals surface area contributed by atoms with Crippen molar-refractivity contribution in [2.24, 2.45) is 23.3 Å². The van der Waals surface area contributed by atoms with Crippen molar-refractivity contribution in [2.45, 2.75) is 76.8 Å². The minimum absolute atomic E-state index is 0.138. The lowest BCUT2D eigenvalue weighted by molar-refractivity contribution is -0.159. The molecule has 4 aliphatic heterocycles. The van der Waals surface area contributed by atoms with Gasteiger partial charge in [0.25, 0.3) is 0 Å². The number of carbonyl (C=O) groups excluding carboxylic acids is 2. The summed E-state index contributed by atoms with van der Waals surface area (Å²) < 4.78 is 22.1. The van der Waals surface area contributed by atoms with Crippen molar-refractivity contribution in [3.8, 4) is 0 Å². The van der Waals surface area contributed by atoms with E-state index in [9.17, 15) is 9.59 Å². The van der Waals surface area contributed by atoms with Crippen molar-refractivity contribution in [1.82, 2.24) is 9.80 Å². The predicted molar refractivity (Wildman–Crippen MR) is 143 cm³/mol. The van der Waals surface area contributed by atoms with Gasteiger partial charge in [-0.1, -0.05) is 0 Å². The van der Waals surface area contributed by atoms with E-state index in [1.165, 1.54) is 0 Å². The summed E-state index contributed by atoms with van der Waals surface area (Å²) in [6.07, 6.45) is 1.43. The standard InChI is InChI=1S/2C12H22N2O3.C2H2O4/c2*1-11(2,3)17-10(15)14-7-12(8-14)4-9(5-13)6-16-12;3-1(4)2(5)6/h2*9H,4-8,13H2,1-3H3;(H,3,4)(H,5,6). The van der Waals surface area contributed by atoms with E-state index in [2.05, 4.69) is 0 Å². The molecule has 2 spiro atoms. The second-order valence-corrected chi connectivity index (χ2v) is 12.9. The number of hydrogen-bond donors (Lipinski definition) is 4. The molecular formula is C26H46N4O10. The van der Waals surface area contributed by atoms with Gasteiger partial charge in [0.15, 0.2) is 0 Å². The number of ether oxygens (including phenoxy) is 4. The monoisotopic (exact) mass is 574 g/mol. The maximum Gasteiger partial charge on any atom is 0.414 e. The maximum absolute atomic E-state index is 11.8.